The van der Waals surface area contributed by atoms with Crippen LogP contribution in [0.25, 0.3) is 16.7 Å². The smallest absolute Gasteiger partial charge is 0.236 e. The number of hydrogen-bond acceptors (Lipinski definition) is 6. The van der Waals surface area contributed by atoms with Crippen molar-refractivity contribution < 1.29 is 9.53 Å². The number of rotatable bonds is 5. The Morgan fingerprint density at radius 1 is 1.35 bits per heavy atom. The maximum atomic E-state index is 13.2. The molecule has 0 saturated carbocycles. The highest BCUT2D eigenvalue weighted by Crippen LogP contribution is 2.30. The van der Waals surface area contributed by atoms with Crippen LogP contribution < -0.4 is 5.49 Å². The van der Waals surface area contributed by atoms with Crippen molar-refractivity contribution >= 4 is 40.3 Å². The van der Waals surface area contributed by atoms with Gasteiger partial charge in [0.15, 0.2) is 10.8 Å². The molecule has 1 aromatic carbocycles. The van der Waals surface area contributed by atoms with Crippen molar-refractivity contribution in [3.8, 4) is 5.69 Å². The molecule has 1 unspecified atom stereocenters. The molecule has 0 bridgehead atoms. The van der Waals surface area contributed by atoms with E-state index in [2.05, 4.69) is 10.2 Å². The number of benzene rings is 1. The Labute approximate surface area is 189 Å². The minimum absolute atomic E-state index is 0.0665. The molecular formula is C21H25ClN6O2S. The van der Waals surface area contributed by atoms with Crippen LogP contribution in [-0.4, -0.2) is 62.1 Å². The number of nitrogens with zero attached hydrogens (tertiary/aromatic N) is 4. The molecule has 1 aliphatic heterocycles. The number of halogens is 1. The van der Waals surface area contributed by atoms with Crippen LogP contribution in [0.5, 0.6) is 0 Å². The summed E-state index contributed by atoms with van der Waals surface area (Å²) in [5, 5.41) is 17.6. The van der Waals surface area contributed by atoms with Crippen LogP contribution >= 0.6 is 23.4 Å². The third kappa shape index (κ3) is 4.22. The number of carbonyl (C=O) groups excluding carboxylic acids is 1. The van der Waals surface area contributed by atoms with Gasteiger partial charge in [-0.2, -0.15) is 5.10 Å². The molecule has 0 radical (unpaired) electrons. The van der Waals surface area contributed by atoms with Crippen LogP contribution in [0.3, 0.4) is 0 Å². The Bertz CT molecular complexity index is 1180. The minimum Gasteiger partial charge on any atom is -0.378 e. The van der Waals surface area contributed by atoms with Crippen molar-refractivity contribution in [3.63, 3.8) is 0 Å². The van der Waals surface area contributed by atoms with Crippen LogP contribution in [0.1, 0.15) is 24.6 Å². The first-order chi connectivity index (χ1) is 14.9. The van der Waals surface area contributed by atoms with Crippen molar-refractivity contribution in [3.05, 3.63) is 40.0 Å². The maximum absolute atomic E-state index is 13.2. The SMILES string of the molecule is CCC(Sc1nc2n[nH]c(C)c2c(=N)n1-c1cc(Cl)ccc1C)C(=O)N1CCOCC1. The lowest BCUT2D eigenvalue weighted by Crippen LogP contribution is -2.44. The number of hydrogen-bond donors (Lipinski definition) is 2. The van der Waals surface area contributed by atoms with Gasteiger partial charge in [0.05, 0.1) is 29.5 Å². The second-order valence-corrected chi connectivity index (χ2v) is 9.12. The average molecular weight is 461 g/mol. The van der Waals surface area contributed by atoms with E-state index in [1.807, 2.05) is 43.9 Å². The number of thioether (sulfide) groups is 1. The van der Waals surface area contributed by atoms with Gasteiger partial charge < -0.3 is 9.64 Å². The van der Waals surface area contributed by atoms with Gasteiger partial charge in [0.2, 0.25) is 5.91 Å². The van der Waals surface area contributed by atoms with Gasteiger partial charge in [-0.25, -0.2) is 4.98 Å². The zero-order valence-electron chi connectivity index (χ0n) is 17.7. The van der Waals surface area contributed by atoms with Crippen LogP contribution in [0, 0.1) is 19.3 Å². The molecule has 0 aliphatic carbocycles. The summed E-state index contributed by atoms with van der Waals surface area (Å²) in [4.78, 5) is 19.8. The fourth-order valence-electron chi connectivity index (χ4n) is 3.68. The molecule has 31 heavy (non-hydrogen) atoms. The molecule has 1 fully saturated rings. The summed E-state index contributed by atoms with van der Waals surface area (Å²) in [6.07, 6.45) is 0.641. The van der Waals surface area contributed by atoms with Gasteiger partial charge in [0, 0.05) is 23.8 Å². The molecule has 10 heteroatoms. The summed E-state index contributed by atoms with van der Waals surface area (Å²) >= 11 is 7.66. The molecule has 3 heterocycles. The van der Waals surface area contributed by atoms with Gasteiger partial charge in [-0.1, -0.05) is 36.4 Å². The van der Waals surface area contributed by atoms with Crippen LogP contribution in [0.2, 0.25) is 5.02 Å². The van der Waals surface area contributed by atoms with Gasteiger partial charge in [-0.05, 0) is 38.0 Å². The minimum atomic E-state index is -0.326. The largest absolute Gasteiger partial charge is 0.378 e. The van der Waals surface area contributed by atoms with E-state index < -0.39 is 0 Å². The lowest BCUT2D eigenvalue weighted by atomic mass is 10.2. The van der Waals surface area contributed by atoms with E-state index >= 15 is 0 Å². The molecule has 2 aromatic heterocycles. The van der Waals surface area contributed by atoms with Crippen LogP contribution in [0.4, 0.5) is 0 Å². The number of H-pyrrole nitrogens is 1. The van der Waals surface area contributed by atoms with E-state index in [-0.39, 0.29) is 16.6 Å². The monoisotopic (exact) mass is 460 g/mol. The molecule has 3 aromatic rings. The number of aryl methyl sites for hydroxylation is 2. The van der Waals surface area contributed by atoms with Gasteiger partial charge in [0.25, 0.3) is 0 Å². The molecule has 2 N–H and O–H groups in total. The first kappa shape index (κ1) is 21.9. The zero-order chi connectivity index (χ0) is 22.1. The number of ether oxygens (including phenoxy) is 1. The lowest BCUT2D eigenvalue weighted by molar-refractivity contribution is -0.134. The zero-order valence-corrected chi connectivity index (χ0v) is 19.3. The standard InChI is InChI=1S/C21H25ClN6O2S/c1-4-16(20(29)27-7-9-30-10-8-27)31-21-24-19-17(13(3)25-26-19)18(23)28(21)15-11-14(22)6-5-12(15)2/h5-6,11,16,23H,4,7-10H2,1-3H3,(H,25,26). The number of fused-ring (bicyclic) bond motifs is 1. The van der Waals surface area contributed by atoms with Gasteiger partial charge in [-0.3, -0.25) is 19.9 Å². The Kier molecular flexibility index (Phi) is 6.36. The Morgan fingerprint density at radius 2 is 2.10 bits per heavy atom. The Balaban J connectivity index is 1.83. The summed E-state index contributed by atoms with van der Waals surface area (Å²) in [6, 6.07) is 5.57. The van der Waals surface area contributed by atoms with E-state index in [4.69, 9.17) is 26.7 Å². The van der Waals surface area contributed by atoms with Gasteiger partial charge >= 0.3 is 0 Å². The van der Waals surface area contributed by atoms with E-state index in [0.717, 1.165) is 16.9 Å². The van der Waals surface area contributed by atoms with E-state index in [0.29, 0.717) is 53.9 Å². The molecule has 1 atom stereocenters. The third-order valence-electron chi connectivity index (χ3n) is 5.41. The number of nitrogens with one attached hydrogen (secondary N) is 2. The summed E-state index contributed by atoms with van der Waals surface area (Å²) in [6.45, 7) is 8.13. The number of aromatic nitrogens is 4. The average Bonchev–Trinajstić information content (AvgIpc) is 3.15. The predicted molar refractivity (Wildman–Crippen MR) is 121 cm³/mol. The molecule has 0 spiro atoms. The second kappa shape index (κ2) is 9.02. The normalized spacial score (nSPS) is 15.4. The summed E-state index contributed by atoms with van der Waals surface area (Å²) in [5.74, 6) is 0.0665. The molecule has 1 aliphatic rings. The quantitative estimate of drug-likeness (QED) is 0.449. The first-order valence-corrected chi connectivity index (χ1v) is 11.5. The first-order valence-electron chi connectivity index (χ1n) is 10.2. The summed E-state index contributed by atoms with van der Waals surface area (Å²) in [5.41, 5.74) is 3.23. The van der Waals surface area contributed by atoms with Gasteiger partial charge in [0.1, 0.15) is 5.49 Å². The molecule has 1 amide bonds. The number of aromatic amines is 1. The van der Waals surface area contributed by atoms with E-state index in [1.165, 1.54) is 11.8 Å². The molecule has 1 saturated heterocycles. The highest BCUT2D eigenvalue weighted by atomic mass is 35.5. The fraction of sp³-hybridized carbons (Fsp3) is 0.429. The third-order valence-corrected chi connectivity index (χ3v) is 6.95. The van der Waals surface area contributed by atoms with Crippen molar-refractivity contribution in [2.24, 2.45) is 0 Å². The Hall–Kier alpha value is -2.36. The van der Waals surface area contributed by atoms with Crippen molar-refractivity contribution in [1.82, 2.24) is 24.6 Å². The number of amides is 1. The van der Waals surface area contributed by atoms with Gasteiger partial charge in [-0.15, -0.1) is 0 Å². The van der Waals surface area contributed by atoms with Crippen molar-refractivity contribution in [1.29, 1.82) is 5.41 Å². The topological polar surface area (TPSA) is 99.9 Å². The molecular weight excluding hydrogens is 436 g/mol. The fourth-order valence-corrected chi connectivity index (χ4v) is 4.95. The van der Waals surface area contributed by atoms with Crippen LogP contribution in [0.15, 0.2) is 23.4 Å². The summed E-state index contributed by atoms with van der Waals surface area (Å²) < 4.78 is 7.15. The molecule has 164 valence electrons. The van der Waals surface area contributed by atoms with Crippen molar-refractivity contribution in [2.75, 3.05) is 26.3 Å². The lowest BCUT2D eigenvalue weighted by Gasteiger charge is -2.30. The van der Waals surface area contributed by atoms with E-state index in [1.54, 1.807) is 4.57 Å². The highest BCUT2D eigenvalue weighted by molar-refractivity contribution is 8.00. The Morgan fingerprint density at radius 3 is 2.81 bits per heavy atom. The number of carbonyl (C=O) groups is 1. The second-order valence-electron chi connectivity index (χ2n) is 7.51. The molecule has 4 rings (SSSR count). The van der Waals surface area contributed by atoms with Crippen LogP contribution in [-0.2, 0) is 9.53 Å². The number of morpholine rings is 1. The maximum Gasteiger partial charge on any atom is 0.236 e. The van der Waals surface area contributed by atoms with Crippen molar-refractivity contribution in [2.45, 2.75) is 37.6 Å². The predicted octanol–water partition coefficient (Wildman–Crippen LogP) is 3.23. The van der Waals surface area contributed by atoms with E-state index in [9.17, 15) is 4.79 Å². The summed E-state index contributed by atoms with van der Waals surface area (Å²) in [7, 11) is 0. The highest BCUT2D eigenvalue weighted by Gasteiger charge is 2.28. The molecule has 8 nitrogen and oxygen atoms in total.